The van der Waals surface area contributed by atoms with Crippen LogP contribution in [0.5, 0.6) is 0 Å². The van der Waals surface area contributed by atoms with Gasteiger partial charge < -0.3 is 5.21 Å². The van der Waals surface area contributed by atoms with Crippen molar-refractivity contribution < 1.29 is 0 Å². The number of benzene rings is 1. The molecular weight excluding hydrogens is 198 g/mol. The van der Waals surface area contributed by atoms with Gasteiger partial charge >= 0.3 is 6.07 Å². The van der Waals surface area contributed by atoms with Gasteiger partial charge in [0.05, 0.1) is 0 Å². The Morgan fingerprint density at radius 1 is 1.12 bits per heavy atom. The maximum absolute atomic E-state index is 9.92. The van der Waals surface area contributed by atoms with Crippen molar-refractivity contribution in [1.82, 2.24) is 0 Å². The number of hydrogen-bond acceptors (Lipinski definition) is 1. The molecule has 90 valence electrons. The largest absolute Gasteiger partial charge is 0.498 e. The lowest BCUT2D eigenvalue weighted by Crippen LogP contribution is -1.85. The zero-order chi connectivity index (χ0) is 13.0. The Morgan fingerprint density at radius 3 is 1.81 bits per heavy atom. The Labute approximate surface area is 99.7 Å². The van der Waals surface area contributed by atoms with Crippen LogP contribution < -0.4 is 0 Å². The Morgan fingerprint density at radius 2 is 1.50 bits per heavy atom. The minimum atomic E-state index is 0.808. The summed E-state index contributed by atoms with van der Waals surface area (Å²) in [6.07, 6.45) is 1.25. The first-order valence-electron chi connectivity index (χ1n) is 5.81. The third kappa shape index (κ3) is 6.89. The van der Waals surface area contributed by atoms with Gasteiger partial charge in [0.2, 0.25) is 0 Å². The summed E-state index contributed by atoms with van der Waals surface area (Å²) in [5.41, 5.74) is 2.87. The minimum Gasteiger partial charge on any atom is -0.498 e. The van der Waals surface area contributed by atoms with Crippen molar-refractivity contribution in [2.45, 2.75) is 48.0 Å². The monoisotopic (exact) mass is 221 g/mol. The van der Waals surface area contributed by atoms with Crippen LogP contribution in [0.3, 0.4) is 0 Å². The lowest BCUT2D eigenvalue weighted by molar-refractivity contribution is 1.09. The Balaban J connectivity index is 0. The highest BCUT2D eigenvalue weighted by atomic mass is 16.4. The molecule has 0 amide bonds. The van der Waals surface area contributed by atoms with Crippen LogP contribution in [0.15, 0.2) is 18.2 Å². The van der Waals surface area contributed by atoms with Gasteiger partial charge in [-0.15, -0.1) is 0 Å². The van der Waals surface area contributed by atoms with E-state index in [1.54, 1.807) is 0 Å². The van der Waals surface area contributed by atoms with E-state index in [4.69, 9.17) is 0 Å². The second kappa shape index (κ2) is 11.6. The van der Waals surface area contributed by atoms with Crippen molar-refractivity contribution in [3.05, 3.63) is 45.1 Å². The fourth-order valence-corrected chi connectivity index (χ4v) is 1.04. The van der Waals surface area contributed by atoms with Crippen LogP contribution in [0.1, 0.15) is 50.8 Å². The number of rotatable bonds is 0. The highest BCUT2D eigenvalue weighted by molar-refractivity contribution is 5.44. The minimum absolute atomic E-state index is 0.808. The van der Waals surface area contributed by atoms with Gasteiger partial charge in [0.1, 0.15) is 5.56 Å². The summed E-state index contributed by atoms with van der Waals surface area (Å²) >= 11 is 0. The summed E-state index contributed by atoms with van der Waals surface area (Å²) in [4.78, 5) is 0. The van der Waals surface area contributed by atoms with Crippen molar-refractivity contribution in [1.29, 1.82) is 0 Å². The zero-order valence-electron chi connectivity index (χ0n) is 11.3. The van der Waals surface area contributed by atoms with E-state index in [0.29, 0.717) is 0 Å². The molecule has 0 atom stereocenters. The summed E-state index contributed by atoms with van der Waals surface area (Å²) in [5, 5.41) is 12.5. The molecule has 0 spiro atoms. The maximum Gasteiger partial charge on any atom is 0.337 e. The molecule has 16 heavy (non-hydrogen) atoms. The molecule has 1 aromatic rings. The van der Waals surface area contributed by atoms with Crippen molar-refractivity contribution >= 4 is 0 Å². The van der Waals surface area contributed by atoms with Crippen molar-refractivity contribution in [3.63, 3.8) is 0 Å². The summed E-state index contributed by atoms with van der Waals surface area (Å²) in [6, 6.07) is 8.22. The smallest absolute Gasteiger partial charge is 0.337 e. The molecule has 0 radical (unpaired) electrons. The molecule has 0 aliphatic carbocycles. The lowest BCUT2D eigenvalue weighted by atomic mass is 10.0. The Hall–Kier alpha value is -1.49. The molecule has 1 rings (SSSR count). The first-order valence-corrected chi connectivity index (χ1v) is 5.81. The predicted octanol–water partition coefficient (Wildman–Crippen LogP) is 4.92. The Bertz CT molecular complexity index is 314. The molecule has 0 unspecified atom stereocenters. The SMILES string of the molecule is CC.CCC.Cc1cccc(C)c1C#[N+][O-]. The van der Waals surface area contributed by atoms with Gasteiger partial charge in [0.25, 0.3) is 0 Å². The topological polar surface area (TPSA) is 27.4 Å². The van der Waals surface area contributed by atoms with Crippen molar-refractivity contribution in [2.24, 2.45) is 0 Å². The summed E-state index contributed by atoms with van der Waals surface area (Å²) < 4.78 is 0. The molecule has 0 aromatic heterocycles. The van der Waals surface area contributed by atoms with E-state index in [0.717, 1.165) is 16.7 Å². The Kier molecular flexibility index (Phi) is 12.3. The fourth-order valence-electron chi connectivity index (χ4n) is 1.04. The molecule has 0 N–H and O–H groups in total. The first-order chi connectivity index (χ1) is 7.67. The summed E-state index contributed by atoms with van der Waals surface area (Å²) in [5.74, 6) is 0. The van der Waals surface area contributed by atoms with Crippen molar-refractivity contribution in [3.8, 4) is 6.07 Å². The molecule has 0 saturated carbocycles. The number of hydrogen-bond donors (Lipinski definition) is 0. The predicted molar refractivity (Wildman–Crippen MR) is 72.9 cm³/mol. The van der Waals surface area contributed by atoms with Gasteiger partial charge in [-0.2, -0.15) is 0 Å². The van der Waals surface area contributed by atoms with E-state index in [1.165, 1.54) is 6.42 Å². The quantitative estimate of drug-likeness (QED) is 0.571. The third-order valence-corrected chi connectivity index (χ3v) is 1.64. The molecule has 0 aliphatic rings. The van der Waals surface area contributed by atoms with Gasteiger partial charge in [-0.1, -0.05) is 52.3 Å². The van der Waals surface area contributed by atoms with Crippen LogP contribution in [-0.2, 0) is 0 Å². The number of nitrogens with zero attached hydrogens (tertiary/aromatic N) is 1. The average molecular weight is 221 g/mol. The van der Waals surface area contributed by atoms with Crippen LogP contribution in [-0.4, -0.2) is 0 Å². The van der Waals surface area contributed by atoms with Gasteiger partial charge in [-0.3, -0.25) is 0 Å². The van der Waals surface area contributed by atoms with E-state index in [9.17, 15) is 5.21 Å². The first kappa shape index (κ1) is 16.9. The van der Waals surface area contributed by atoms with Crippen LogP contribution in [0.4, 0.5) is 0 Å². The van der Waals surface area contributed by atoms with Crippen LogP contribution in [0.2, 0.25) is 0 Å². The van der Waals surface area contributed by atoms with Crippen LogP contribution in [0.25, 0.3) is 5.01 Å². The van der Waals surface area contributed by atoms with E-state index in [-0.39, 0.29) is 0 Å². The second-order valence-corrected chi connectivity index (χ2v) is 3.18. The standard InChI is InChI=1S/C9H9NO.C3H8.C2H6/c1-7-4-3-5-8(2)9(7)6-10-11;1-3-2;1-2/h3-5H,1-2H3;3H2,1-2H3;1-2H3. The van der Waals surface area contributed by atoms with Crippen LogP contribution in [0, 0.1) is 25.1 Å². The van der Waals surface area contributed by atoms with Gasteiger partial charge in [-0.05, 0) is 25.0 Å². The van der Waals surface area contributed by atoms with E-state index < -0.39 is 0 Å². The fraction of sp³-hybridized carbons (Fsp3) is 0.500. The molecular formula is C14H23NO. The van der Waals surface area contributed by atoms with E-state index in [2.05, 4.69) is 24.9 Å². The van der Waals surface area contributed by atoms with Gasteiger partial charge in [0, 0.05) is 5.01 Å². The molecule has 0 heterocycles. The summed E-state index contributed by atoms with van der Waals surface area (Å²) in [6.45, 7) is 12.1. The van der Waals surface area contributed by atoms with E-state index >= 15 is 0 Å². The molecule has 0 bridgehead atoms. The van der Waals surface area contributed by atoms with E-state index in [1.807, 2.05) is 45.9 Å². The highest BCUT2D eigenvalue weighted by Gasteiger charge is 2.02. The molecule has 1 aromatic carbocycles. The maximum atomic E-state index is 9.92. The highest BCUT2D eigenvalue weighted by Crippen LogP contribution is 2.11. The number of aryl methyl sites for hydroxylation is 2. The molecule has 2 heteroatoms. The molecule has 0 saturated heterocycles. The lowest BCUT2D eigenvalue weighted by Gasteiger charge is -1.95. The molecule has 0 fully saturated rings. The molecule has 2 nitrogen and oxygen atoms in total. The normalized spacial score (nSPS) is 7.38. The second-order valence-electron chi connectivity index (χ2n) is 3.18. The third-order valence-electron chi connectivity index (χ3n) is 1.64. The van der Waals surface area contributed by atoms with Gasteiger partial charge in [-0.25, -0.2) is 0 Å². The zero-order valence-corrected chi connectivity index (χ0v) is 11.3. The molecule has 0 aliphatic heterocycles. The average Bonchev–Trinajstić information content (AvgIpc) is 2.28. The van der Waals surface area contributed by atoms with Gasteiger partial charge in [0.15, 0.2) is 0 Å². The van der Waals surface area contributed by atoms with Crippen molar-refractivity contribution in [2.75, 3.05) is 0 Å². The summed E-state index contributed by atoms with van der Waals surface area (Å²) in [7, 11) is 0. The van der Waals surface area contributed by atoms with Crippen LogP contribution >= 0.6 is 0 Å².